The van der Waals surface area contributed by atoms with E-state index in [1.54, 1.807) is 7.11 Å². The number of nitrogens with zero attached hydrogens (tertiary/aromatic N) is 3. The predicted molar refractivity (Wildman–Crippen MR) is 99.8 cm³/mol. The fourth-order valence-electron chi connectivity index (χ4n) is 3.95. The first kappa shape index (κ1) is 19.4. The van der Waals surface area contributed by atoms with Crippen molar-refractivity contribution in [3.63, 3.8) is 0 Å². The van der Waals surface area contributed by atoms with E-state index in [-0.39, 0.29) is 18.6 Å². The number of methoxy groups -OCH3 is 1. The molecule has 1 aromatic rings. The Morgan fingerprint density at radius 2 is 1.74 bits per heavy atom. The predicted octanol–water partition coefficient (Wildman–Crippen LogP) is 2.45. The molecule has 27 heavy (non-hydrogen) atoms. The average molecular weight is 373 g/mol. The number of hydrogen-bond donors (Lipinski definition) is 0. The molecule has 0 unspecified atom stereocenters. The zero-order valence-corrected chi connectivity index (χ0v) is 16.2. The van der Waals surface area contributed by atoms with Gasteiger partial charge in [-0.15, -0.1) is 0 Å². The maximum absolute atomic E-state index is 12.8. The summed E-state index contributed by atoms with van der Waals surface area (Å²) in [6.07, 6.45) is 3.85. The quantitative estimate of drug-likeness (QED) is 0.566. The number of imide groups is 2. The molecule has 1 aliphatic heterocycles. The van der Waals surface area contributed by atoms with Crippen LogP contribution in [-0.2, 0) is 16.1 Å². The van der Waals surface area contributed by atoms with Gasteiger partial charge in [-0.25, -0.2) is 9.69 Å². The van der Waals surface area contributed by atoms with E-state index < -0.39 is 17.8 Å². The summed E-state index contributed by atoms with van der Waals surface area (Å²) in [4.78, 5) is 41.8. The summed E-state index contributed by atoms with van der Waals surface area (Å²) in [5.41, 5.74) is 1.03. The Morgan fingerprint density at radius 1 is 1.07 bits per heavy atom. The fourth-order valence-corrected chi connectivity index (χ4v) is 3.95. The summed E-state index contributed by atoms with van der Waals surface area (Å²) in [5.74, 6) is -0.401. The van der Waals surface area contributed by atoms with Gasteiger partial charge in [0.05, 0.1) is 13.8 Å². The van der Waals surface area contributed by atoms with Gasteiger partial charge in [-0.05, 0) is 43.5 Å². The van der Waals surface area contributed by atoms with Gasteiger partial charge in [0.25, 0.3) is 0 Å². The zero-order chi connectivity index (χ0) is 19.6. The SMILES string of the molecule is COc1ccc(CN(C)CN2C(=O)C(=O)N([C@H]3CCCC[C@@H]3C)C2=O)cc1. The maximum atomic E-state index is 12.8. The van der Waals surface area contributed by atoms with Gasteiger partial charge < -0.3 is 4.74 Å². The molecule has 1 aromatic carbocycles. The van der Waals surface area contributed by atoms with Crippen molar-refractivity contribution in [3.05, 3.63) is 29.8 Å². The topological polar surface area (TPSA) is 70.2 Å². The summed E-state index contributed by atoms with van der Waals surface area (Å²) < 4.78 is 5.15. The van der Waals surface area contributed by atoms with Gasteiger partial charge in [0.15, 0.2) is 0 Å². The van der Waals surface area contributed by atoms with E-state index in [2.05, 4.69) is 0 Å². The first-order chi connectivity index (χ1) is 12.9. The lowest BCUT2D eigenvalue weighted by molar-refractivity contribution is -0.145. The van der Waals surface area contributed by atoms with E-state index in [4.69, 9.17) is 4.74 Å². The highest BCUT2D eigenvalue weighted by molar-refractivity contribution is 6.44. The van der Waals surface area contributed by atoms with Crippen LogP contribution in [0.4, 0.5) is 4.79 Å². The van der Waals surface area contributed by atoms with Crippen molar-refractivity contribution in [2.45, 2.75) is 45.2 Å². The maximum Gasteiger partial charge on any atom is 0.335 e. The highest BCUT2D eigenvalue weighted by atomic mass is 16.5. The van der Waals surface area contributed by atoms with Crippen molar-refractivity contribution in [3.8, 4) is 5.75 Å². The van der Waals surface area contributed by atoms with Crippen LogP contribution in [0.5, 0.6) is 5.75 Å². The van der Waals surface area contributed by atoms with Crippen molar-refractivity contribution in [2.75, 3.05) is 20.8 Å². The van der Waals surface area contributed by atoms with Crippen molar-refractivity contribution in [1.82, 2.24) is 14.7 Å². The molecule has 2 atom stereocenters. The molecule has 1 aliphatic carbocycles. The molecule has 7 heteroatoms. The number of carbonyl (C=O) groups excluding carboxylic acids is 3. The summed E-state index contributed by atoms with van der Waals surface area (Å²) in [5, 5.41) is 0. The third-order valence-corrected chi connectivity index (χ3v) is 5.48. The van der Waals surface area contributed by atoms with Gasteiger partial charge in [0.1, 0.15) is 5.75 Å². The van der Waals surface area contributed by atoms with E-state index in [9.17, 15) is 14.4 Å². The van der Waals surface area contributed by atoms with Gasteiger partial charge >= 0.3 is 17.8 Å². The Kier molecular flexibility index (Phi) is 5.79. The van der Waals surface area contributed by atoms with Gasteiger partial charge in [0, 0.05) is 12.6 Å². The smallest absolute Gasteiger partial charge is 0.335 e. The highest BCUT2D eigenvalue weighted by Gasteiger charge is 2.49. The largest absolute Gasteiger partial charge is 0.497 e. The summed E-state index contributed by atoms with van der Waals surface area (Å²) in [7, 11) is 3.43. The van der Waals surface area contributed by atoms with E-state index in [1.165, 1.54) is 4.90 Å². The Hall–Kier alpha value is -2.41. The second-order valence-corrected chi connectivity index (χ2v) is 7.52. The number of rotatable bonds is 6. The third kappa shape index (κ3) is 3.98. The molecule has 1 saturated carbocycles. The standard InChI is InChI=1S/C20H27N3O4/c1-14-6-4-5-7-17(14)23-19(25)18(24)22(20(23)26)13-21(2)12-15-8-10-16(27-3)11-9-15/h8-11,14,17H,4-7,12-13H2,1-3H3/t14-,17-/m0/s1. The molecular weight excluding hydrogens is 346 g/mol. The van der Waals surface area contributed by atoms with Crippen LogP contribution in [0, 0.1) is 5.92 Å². The molecule has 3 rings (SSSR count). The van der Waals surface area contributed by atoms with E-state index >= 15 is 0 Å². The number of hydrogen-bond acceptors (Lipinski definition) is 5. The van der Waals surface area contributed by atoms with Crippen LogP contribution in [0.1, 0.15) is 38.2 Å². The molecule has 146 valence electrons. The molecule has 1 heterocycles. The number of benzene rings is 1. The van der Waals surface area contributed by atoms with Crippen molar-refractivity contribution in [2.24, 2.45) is 5.92 Å². The molecule has 1 saturated heterocycles. The average Bonchev–Trinajstić information content (AvgIpc) is 2.86. The van der Waals surface area contributed by atoms with E-state index in [1.807, 2.05) is 43.1 Å². The van der Waals surface area contributed by atoms with Crippen LogP contribution in [0.15, 0.2) is 24.3 Å². The highest BCUT2D eigenvalue weighted by Crippen LogP contribution is 2.31. The molecular formula is C20H27N3O4. The minimum absolute atomic E-state index is 0.0903. The second kappa shape index (κ2) is 8.08. The minimum Gasteiger partial charge on any atom is -0.497 e. The van der Waals surface area contributed by atoms with Gasteiger partial charge in [-0.2, -0.15) is 0 Å². The van der Waals surface area contributed by atoms with Crippen molar-refractivity contribution >= 4 is 17.8 Å². The second-order valence-electron chi connectivity index (χ2n) is 7.52. The van der Waals surface area contributed by atoms with Crippen LogP contribution < -0.4 is 4.74 Å². The Morgan fingerprint density at radius 3 is 2.37 bits per heavy atom. The molecule has 0 N–H and O–H groups in total. The van der Waals surface area contributed by atoms with Crippen LogP contribution in [0.25, 0.3) is 0 Å². The van der Waals surface area contributed by atoms with Crippen molar-refractivity contribution < 1.29 is 19.1 Å². The molecule has 2 aliphatic rings. The van der Waals surface area contributed by atoms with Crippen LogP contribution in [0.2, 0.25) is 0 Å². The van der Waals surface area contributed by atoms with Gasteiger partial charge in [-0.3, -0.25) is 19.4 Å². The number of urea groups is 1. The minimum atomic E-state index is -0.723. The Bertz CT molecular complexity index is 718. The zero-order valence-electron chi connectivity index (χ0n) is 16.2. The monoisotopic (exact) mass is 373 g/mol. The van der Waals surface area contributed by atoms with Gasteiger partial charge in [-0.1, -0.05) is 31.9 Å². The molecule has 0 bridgehead atoms. The lowest BCUT2D eigenvalue weighted by Crippen LogP contribution is -2.46. The summed E-state index contributed by atoms with van der Waals surface area (Å²) in [6, 6.07) is 6.95. The molecule has 0 aromatic heterocycles. The molecule has 4 amide bonds. The first-order valence-electron chi connectivity index (χ1n) is 9.43. The normalized spacial score (nSPS) is 23.5. The molecule has 0 radical (unpaired) electrons. The van der Waals surface area contributed by atoms with Crippen LogP contribution in [0.3, 0.4) is 0 Å². The Labute approximate surface area is 159 Å². The van der Waals surface area contributed by atoms with Crippen molar-refractivity contribution in [1.29, 1.82) is 0 Å². The first-order valence-corrected chi connectivity index (χ1v) is 9.43. The Balaban J connectivity index is 1.66. The number of carbonyl (C=O) groups is 3. The van der Waals surface area contributed by atoms with E-state index in [0.717, 1.165) is 41.9 Å². The lowest BCUT2D eigenvalue weighted by Gasteiger charge is -2.34. The van der Waals surface area contributed by atoms with Gasteiger partial charge in [0.2, 0.25) is 0 Å². The molecule has 7 nitrogen and oxygen atoms in total. The molecule has 0 spiro atoms. The fraction of sp³-hybridized carbons (Fsp3) is 0.550. The third-order valence-electron chi connectivity index (χ3n) is 5.48. The van der Waals surface area contributed by atoms with Crippen LogP contribution >= 0.6 is 0 Å². The van der Waals surface area contributed by atoms with Crippen LogP contribution in [-0.4, -0.2) is 59.4 Å². The molecule has 2 fully saturated rings. The summed E-state index contributed by atoms with van der Waals surface area (Å²) >= 11 is 0. The summed E-state index contributed by atoms with van der Waals surface area (Å²) in [6.45, 7) is 2.69. The lowest BCUT2D eigenvalue weighted by atomic mass is 9.85. The van der Waals surface area contributed by atoms with E-state index in [0.29, 0.717) is 6.54 Å². The number of amides is 4. The number of ether oxygens (including phenoxy) is 1.